The first kappa shape index (κ1) is 14.5. The number of aryl methyl sites for hydroxylation is 1. The second kappa shape index (κ2) is 5.83. The average Bonchev–Trinajstić information content (AvgIpc) is 3.21. The van der Waals surface area contributed by atoms with Crippen LogP contribution in [0.3, 0.4) is 0 Å². The summed E-state index contributed by atoms with van der Waals surface area (Å²) in [5.74, 6) is 1.32. The second-order valence-electron chi connectivity index (χ2n) is 6.70. The molecule has 4 rings (SSSR count). The molecule has 1 atom stereocenters. The molecule has 3 heterocycles. The average molecular weight is 314 g/mol. The molecule has 2 aromatic rings. The number of hydrogen-bond donors (Lipinski definition) is 0. The summed E-state index contributed by atoms with van der Waals surface area (Å²) >= 11 is 0. The zero-order valence-corrected chi connectivity index (χ0v) is 13.4. The summed E-state index contributed by atoms with van der Waals surface area (Å²) < 4.78 is 7.16. The molecular formula is C17H22N4O2. The molecule has 1 saturated heterocycles. The first-order valence-corrected chi connectivity index (χ1v) is 8.48. The zero-order valence-electron chi connectivity index (χ0n) is 13.4. The maximum atomic E-state index is 13.0. The van der Waals surface area contributed by atoms with E-state index in [-0.39, 0.29) is 11.9 Å². The fraction of sp³-hybridized carbons (Fsp3) is 0.588. The molecule has 0 radical (unpaired) electrons. The van der Waals surface area contributed by atoms with Gasteiger partial charge in [-0.15, -0.1) is 0 Å². The molecule has 0 bridgehead atoms. The fourth-order valence-corrected chi connectivity index (χ4v) is 3.41. The Labute approximate surface area is 135 Å². The van der Waals surface area contributed by atoms with E-state index in [4.69, 9.17) is 4.52 Å². The summed E-state index contributed by atoms with van der Waals surface area (Å²) in [7, 11) is 1.91. The Kier molecular flexibility index (Phi) is 3.67. The van der Waals surface area contributed by atoms with Crippen molar-refractivity contribution < 1.29 is 9.32 Å². The lowest BCUT2D eigenvalue weighted by Gasteiger charge is -2.28. The summed E-state index contributed by atoms with van der Waals surface area (Å²) in [6.45, 7) is 0.768. The normalized spacial score (nSPS) is 22.1. The molecule has 1 aliphatic carbocycles. The molecule has 0 aromatic carbocycles. The molecule has 1 saturated carbocycles. The molecule has 2 aliphatic rings. The Balaban J connectivity index is 1.60. The highest BCUT2D eigenvalue weighted by atomic mass is 16.5. The Bertz CT molecular complexity index is 701. The van der Waals surface area contributed by atoms with Crippen LogP contribution in [-0.4, -0.2) is 32.3 Å². The maximum absolute atomic E-state index is 13.0. The topological polar surface area (TPSA) is 64.2 Å². The second-order valence-corrected chi connectivity index (χ2v) is 6.70. The van der Waals surface area contributed by atoms with Gasteiger partial charge >= 0.3 is 0 Å². The third-order valence-electron chi connectivity index (χ3n) is 4.85. The van der Waals surface area contributed by atoms with Crippen molar-refractivity contribution in [3.05, 3.63) is 35.5 Å². The molecule has 2 fully saturated rings. The van der Waals surface area contributed by atoms with E-state index in [0.29, 0.717) is 11.6 Å². The van der Waals surface area contributed by atoms with Crippen LogP contribution in [0.5, 0.6) is 0 Å². The minimum atomic E-state index is -0.0172. The van der Waals surface area contributed by atoms with Crippen LogP contribution in [-0.2, 0) is 7.05 Å². The first-order valence-electron chi connectivity index (χ1n) is 8.48. The Hall–Kier alpha value is -2.11. The van der Waals surface area contributed by atoms with Crippen LogP contribution in [0, 0.1) is 0 Å². The predicted molar refractivity (Wildman–Crippen MR) is 83.9 cm³/mol. The van der Waals surface area contributed by atoms with Gasteiger partial charge in [-0.1, -0.05) is 18.0 Å². The van der Waals surface area contributed by atoms with Gasteiger partial charge in [0, 0.05) is 37.3 Å². The van der Waals surface area contributed by atoms with Crippen molar-refractivity contribution in [2.24, 2.45) is 7.05 Å². The van der Waals surface area contributed by atoms with Crippen molar-refractivity contribution >= 4 is 5.91 Å². The van der Waals surface area contributed by atoms with Crippen LogP contribution in [0.25, 0.3) is 0 Å². The quantitative estimate of drug-likeness (QED) is 0.873. The van der Waals surface area contributed by atoms with Gasteiger partial charge in [0.15, 0.2) is 5.69 Å². The number of nitrogens with zero attached hydrogens (tertiary/aromatic N) is 4. The summed E-state index contributed by atoms with van der Waals surface area (Å²) in [6, 6.07) is 1.92. The molecule has 0 N–H and O–H groups in total. The largest absolute Gasteiger partial charge is 0.360 e. The van der Waals surface area contributed by atoms with Crippen molar-refractivity contribution in [2.45, 2.75) is 50.5 Å². The monoisotopic (exact) mass is 314 g/mol. The first-order chi connectivity index (χ1) is 11.2. The number of carbonyl (C=O) groups is 1. The van der Waals surface area contributed by atoms with E-state index >= 15 is 0 Å². The highest BCUT2D eigenvalue weighted by Gasteiger charge is 2.33. The number of aromatic nitrogens is 3. The van der Waals surface area contributed by atoms with Gasteiger partial charge in [-0.3, -0.25) is 9.48 Å². The van der Waals surface area contributed by atoms with Crippen molar-refractivity contribution in [1.29, 1.82) is 0 Å². The molecule has 122 valence electrons. The molecule has 1 aliphatic heterocycles. The highest BCUT2D eigenvalue weighted by molar-refractivity contribution is 5.92. The number of likely N-dealkylation sites (tertiary alicyclic amines) is 1. The Morgan fingerprint density at radius 2 is 2.13 bits per heavy atom. The summed E-state index contributed by atoms with van der Waals surface area (Å²) in [6.07, 6.45) is 10.5. The number of hydrogen-bond acceptors (Lipinski definition) is 4. The van der Waals surface area contributed by atoms with Crippen molar-refractivity contribution in [2.75, 3.05) is 6.54 Å². The van der Waals surface area contributed by atoms with Crippen molar-refractivity contribution in [3.63, 3.8) is 0 Å². The lowest BCUT2D eigenvalue weighted by Crippen LogP contribution is -2.34. The van der Waals surface area contributed by atoms with E-state index in [0.717, 1.165) is 56.4 Å². The highest BCUT2D eigenvalue weighted by Crippen LogP contribution is 2.40. The van der Waals surface area contributed by atoms with Gasteiger partial charge in [0.25, 0.3) is 5.91 Å². The minimum Gasteiger partial charge on any atom is -0.360 e. The van der Waals surface area contributed by atoms with Crippen molar-refractivity contribution in [3.8, 4) is 0 Å². The minimum absolute atomic E-state index is 0.0172. The maximum Gasteiger partial charge on any atom is 0.276 e. The van der Waals surface area contributed by atoms with E-state index in [1.54, 1.807) is 4.68 Å². The molecule has 6 heteroatoms. The van der Waals surface area contributed by atoms with Crippen LogP contribution in [0.15, 0.2) is 23.0 Å². The van der Waals surface area contributed by atoms with Gasteiger partial charge in [0.1, 0.15) is 5.76 Å². The van der Waals surface area contributed by atoms with Crippen LogP contribution >= 0.6 is 0 Å². The van der Waals surface area contributed by atoms with Gasteiger partial charge in [-0.05, 0) is 25.7 Å². The smallest absolute Gasteiger partial charge is 0.276 e. The molecule has 23 heavy (non-hydrogen) atoms. The van der Waals surface area contributed by atoms with Gasteiger partial charge in [0.2, 0.25) is 0 Å². The van der Waals surface area contributed by atoms with E-state index < -0.39 is 0 Å². The van der Waals surface area contributed by atoms with Gasteiger partial charge < -0.3 is 9.42 Å². The molecule has 1 amide bonds. The van der Waals surface area contributed by atoms with Crippen molar-refractivity contribution in [1.82, 2.24) is 19.8 Å². The van der Waals surface area contributed by atoms with E-state index in [1.807, 2.05) is 30.4 Å². The van der Waals surface area contributed by atoms with Gasteiger partial charge in [0.05, 0.1) is 12.2 Å². The van der Waals surface area contributed by atoms with Crippen LogP contribution in [0.4, 0.5) is 0 Å². The van der Waals surface area contributed by atoms with Gasteiger partial charge in [-0.25, -0.2) is 0 Å². The summed E-state index contributed by atoms with van der Waals surface area (Å²) in [5, 5.41) is 8.30. The number of carbonyl (C=O) groups excluding carboxylic acids is 1. The molecule has 6 nitrogen and oxygen atoms in total. The zero-order chi connectivity index (χ0) is 15.8. The molecule has 0 unspecified atom stereocenters. The van der Waals surface area contributed by atoms with Gasteiger partial charge in [-0.2, -0.15) is 5.10 Å². The summed E-state index contributed by atoms with van der Waals surface area (Å²) in [4.78, 5) is 14.9. The van der Waals surface area contributed by atoms with E-state index in [2.05, 4.69) is 10.3 Å². The Morgan fingerprint density at radius 1 is 1.26 bits per heavy atom. The lowest BCUT2D eigenvalue weighted by atomic mass is 10.0. The molecule has 2 aromatic heterocycles. The SMILES string of the molecule is Cn1cc([C@H]2CCCCCN2C(=O)c2cc(C3CC3)on2)cn1. The predicted octanol–water partition coefficient (Wildman–Crippen LogP) is 3.04. The Morgan fingerprint density at radius 3 is 2.87 bits per heavy atom. The van der Waals surface area contributed by atoms with Crippen LogP contribution in [0.1, 0.15) is 72.3 Å². The number of amides is 1. The van der Waals surface area contributed by atoms with Crippen LogP contribution in [0.2, 0.25) is 0 Å². The third kappa shape index (κ3) is 2.90. The third-order valence-corrected chi connectivity index (χ3v) is 4.85. The number of rotatable bonds is 3. The fourth-order valence-electron chi connectivity index (χ4n) is 3.41. The van der Waals surface area contributed by atoms with Crippen LogP contribution < -0.4 is 0 Å². The van der Waals surface area contributed by atoms with E-state index in [1.165, 1.54) is 0 Å². The standard InChI is InChI=1S/C17H22N4O2/c1-20-11-13(10-18-20)15-5-3-2-4-8-21(15)17(22)14-9-16(23-19-14)12-6-7-12/h9-12,15H,2-8H2,1H3/t15-/m1/s1. The molecular weight excluding hydrogens is 292 g/mol. The summed E-state index contributed by atoms with van der Waals surface area (Å²) in [5.41, 5.74) is 1.55. The van der Waals surface area contributed by atoms with E-state index in [9.17, 15) is 4.79 Å². The molecule has 0 spiro atoms. The lowest BCUT2D eigenvalue weighted by molar-refractivity contribution is 0.0670.